The molecule has 0 aromatic heterocycles. The number of nitrogens with zero attached hydrogens (tertiary/aromatic N) is 2. The standard InChI is InChI=1S/C15H17N3O5/c19-14(13-2-1-7-15(13)22-8-9-23-15)17-16-10-11-3-5-12(6-4-11)18(20)21/h3-6,10,13H,1-2,7-9H2,(H,17,19)/b16-10+. The maximum Gasteiger partial charge on any atom is 0.269 e. The molecule has 1 heterocycles. The number of hydrogen-bond acceptors (Lipinski definition) is 6. The average Bonchev–Trinajstić information content (AvgIpc) is 3.18. The molecule has 23 heavy (non-hydrogen) atoms. The van der Waals surface area contributed by atoms with Crippen LogP contribution in [0.3, 0.4) is 0 Å². The summed E-state index contributed by atoms with van der Waals surface area (Å²) in [5.74, 6) is -1.38. The van der Waals surface area contributed by atoms with Crippen molar-refractivity contribution in [3.63, 3.8) is 0 Å². The zero-order valence-electron chi connectivity index (χ0n) is 12.4. The van der Waals surface area contributed by atoms with Gasteiger partial charge in [0.15, 0.2) is 5.79 Å². The van der Waals surface area contributed by atoms with Crippen LogP contribution in [0.1, 0.15) is 24.8 Å². The first-order valence-electron chi connectivity index (χ1n) is 7.46. The van der Waals surface area contributed by atoms with Gasteiger partial charge in [-0.25, -0.2) is 5.43 Å². The van der Waals surface area contributed by atoms with Gasteiger partial charge in [0.05, 0.1) is 30.3 Å². The lowest BCUT2D eigenvalue weighted by atomic mass is 10.0. The van der Waals surface area contributed by atoms with E-state index in [1.54, 1.807) is 12.1 Å². The molecule has 1 atom stereocenters. The summed E-state index contributed by atoms with van der Waals surface area (Å²) in [6.07, 6.45) is 3.75. The Morgan fingerprint density at radius 1 is 1.35 bits per heavy atom. The molecule has 3 rings (SSSR count). The first kappa shape index (κ1) is 15.6. The molecule has 1 amide bonds. The van der Waals surface area contributed by atoms with Gasteiger partial charge in [0.25, 0.3) is 5.69 Å². The van der Waals surface area contributed by atoms with Gasteiger partial charge in [-0.05, 0) is 30.5 Å². The molecular weight excluding hydrogens is 302 g/mol. The summed E-state index contributed by atoms with van der Waals surface area (Å²) < 4.78 is 11.3. The minimum Gasteiger partial charge on any atom is -0.347 e. The molecule has 0 bridgehead atoms. The molecule has 1 saturated heterocycles. The van der Waals surface area contributed by atoms with Gasteiger partial charge in [0.2, 0.25) is 5.91 Å². The van der Waals surface area contributed by atoms with Gasteiger partial charge in [-0.15, -0.1) is 0 Å². The third kappa shape index (κ3) is 3.22. The van der Waals surface area contributed by atoms with E-state index in [1.165, 1.54) is 18.3 Å². The molecule has 2 aliphatic rings. The van der Waals surface area contributed by atoms with Crippen LogP contribution in [0.15, 0.2) is 29.4 Å². The number of carbonyl (C=O) groups excluding carboxylic acids is 1. The molecule has 1 N–H and O–H groups in total. The zero-order chi connectivity index (χ0) is 16.3. The van der Waals surface area contributed by atoms with Gasteiger partial charge < -0.3 is 9.47 Å². The van der Waals surface area contributed by atoms with Crippen LogP contribution in [0.2, 0.25) is 0 Å². The Bertz CT molecular complexity index is 617. The summed E-state index contributed by atoms with van der Waals surface area (Å²) in [7, 11) is 0. The van der Waals surface area contributed by atoms with E-state index in [1.807, 2.05) is 0 Å². The molecule has 1 aliphatic carbocycles. The highest BCUT2D eigenvalue weighted by Gasteiger charge is 2.51. The predicted octanol–water partition coefficient (Wildman–Crippen LogP) is 1.59. The van der Waals surface area contributed by atoms with Crippen molar-refractivity contribution in [2.45, 2.75) is 25.0 Å². The smallest absolute Gasteiger partial charge is 0.269 e. The lowest BCUT2D eigenvalue weighted by molar-refractivity contribution is -0.384. The molecular formula is C15H17N3O5. The van der Waals surface area contributed by atoms with Crippen LogP contribution in [0.5, 0.6) is 0 Å². The van der Waals surface area contributed by atoms with Crippen molar-refractivity contribution in [2.75, 3.05) is 13.2 Å². The van der Waals surface area contributed by atoms with Crippen molar-refractivity contribution in [1.82, 2.24) is 5.43 Å². The summed E-state index contributed by atoms with van der Waals surface area (Å²) in [5, 5.41) is 14.5. The monoisotopic (exact) mass is 319 g/mol. The number of hydrazone groups is 1. The Hall–Kier alpha value is -2.32. The van der Waals surface area contributed by atoms with E-state index < -0.39 is 10.7 Å². The zero-order valence-corrected chi connectivity index (χ0v) is 12.4. The minimum atomic E-state index is -0.785. The average molecular weight is 319 g/mol. The number of carbonyl (C=O) groups is 1. The minimum absolute atomic E-state index is 0.00890. The number of rotatable bonds is 4. The molecule has 122 valence electrons. The highest BCUT2D eigenvalue weighted by Crippen LogP contribution is 2.42. The van der Waals surface area contributed by atoms with E-state index in [-0.39, 0.29) is 17.5 Å². The predicted molar refractivity (Wildman–Crippen MR) is 80.8 cm³/mol. The summed E-state index contributed by atoms with van der Waals surface area (Å²) >= 11 is 0. The Morgan fingerprint density at radius 3 is 2.70 bits per heavy atom. The third-order valence-electron chi connectivity index (χ3n) is 4.13. The Kier molecular flexibility index (Phi) is 4.35. The molecule has 1 saturated carbocycles. The van der Waals surface area contributed by atoms with Gasteiger partial charge >= 0.3 is 0 Å². The number of ether oxygens (including phenoxy) is 2. The molecule has 8 nitrogen and oxygen atoms in total. The van der Waals surface area contributed by atoms with Crippen molar-refractivity contribution >= 4 is 17.8 Å². The topological polar surface area (TPSA) is 103 Å². The second-order valence-corrected chi connectivity index (χ2v) is 5.54. The fourth-order valence-corrected chi connectivity index (χ4v) is 3.02. The van der Waals surface area contributed by atoms with Crippen LogP contribution in [-0.4, -0.2) is 36.0 Å². The maximum absolute atomic E-state index is 12.3. The quantitative estimate of drug-likeness (QED) is 0.515. The van der Waals surface area contributed by atoms with Crippen LogP contribution in [-0.2, 0) is 14.3 Å². The number of nitro groups is 1. The van der Waals surface area contributed by atoms with Gasteiger partial charge in [-0.2, -0.15) is 5.10 Å². The highest BCUT2D eigenvalue weighted by atomic mass is 16.7. The Morgan fingerprint density at radius 2 is 2.04 bits per heavy atom. The van der Waals surface area contributed by atoms with Crippen LogP contribution < -0.4 is 5.43 Å². The number of amides is 1. The van der Waals surface area contributed by atoms with E-state index in [0.29, 0.717) is 25.2 Å². The normalized spacial score (nSPS) is 22.7. The van der Waals surface area contributed by atoms with Crippen LogP contribution in [0.25, 0.3) is 0 Å². The van der Waals surface area contributed by atoms with Crippen LogP contribution in [0, 0.1) is 16.0 Å². The molecule has 1 aromatic rings. The SMILES string of the molecule is O=C(N/N=C/c1ccc([N+](=O)[O-])cc1)C1CCCC12OCCO2. The van der Waals surface area contributed by atoms with Gasteiger partial charge in [-0.1, -0.05) is 0 Å². The second-order valence-electron chi connectivity index (χ2n) is 5.54. The molecule has 1 unspecified atom stereocenters. The molecule has 1 aliphatic heterocycles. The third-order valence-corrected chi connectivity index (χ3v) is 4.13. The maximum atomic E-state index is 12.3. The van der Waals surface area contributed by atoms with Gasteiger partial charge in [0, 0.05) is 18.6 Å². The van der Waals surface area contributed by atoms with Crippen LogP contribution >= 0.6 is 0 Å². The summed E-state index contributed by atoms with van der Waals surface area (Å²) in [6.45, 7) is 1.02. The molecule has 1 spiro atoms. The van der Waals surface area contributed by atoms with Crippen molar-refractivity contribution < 1.29 is 19.2 Å². The Balaban J connectivity index is 1.59. The number of benzene rings is 1. The van der Waals surface area contributed by atoms with Crippen molar-refractivity contribution in [2.24, 2.45) is 11.0 Å². The number of nitro benzene ring substituents is 1. The van der Waals surface area contributed by atoms with E-state index in [2.05, 4.69) is 10.5 Å². The highest BCUT2D eigenvalue weighted by molar-refractivity contribution is 5.84. The van der Waals surface area contributed by atoms with Crippen molar-refractivity contribution in [3.8, 4) is 0 Å². The second kappa shape index (κ2) is 6.43. The lowest BCUT2D eigenvalue weighted by Gasteiger charge is -2.27. The molecule has 0 radical (unpaired) electrons. The molecule has 1 aromatic carbocycles. The summed E-state index contributed by atoms with van der Waals surface area (Å²) in [5.41, 5.74) is 3.16. The van der Waals surface area contributed by atoms with Gasteiger partial charge in [0.1, 0.15) is 0 Å². The summed E-state index contributed by atoms with van der Waals surface area (Å²) in [6, 6.07) is 5.90. The molecule has 8 heteroatoms. The largest absolute Gasteiger partial charge is 0.347 e. The summed E-state index contributed by atoms with van der Waals surface area (Å²) in [4.78, 5) is 22.4. The fraction of sp³-hybridized carbons (Fsp3) is 0.467. The van der Waals surface area contributed by atoms with E-state index in [0.717, 1.165) is 12.8 Å². The fourth-order valence-electron chi connectivity index (χ4n) is 3.02. The van der Waals surface area contributed by atoms with Crippen LogP contribution in [0.4, 0.5) is 5.69 Å². The number of hydrogen-bond donors (Lipinski definition) is 1. The van der Waals surface area contributed by atoms with E-state index >= 15 is 0 Å². The first-order chi connectivity index (χ1) is 11.1. The Labute approximate surface area is 132 Å². The van der Waals surface area contributed by atoms with E-state index in [9.17, 15) is 14.9 Å². The van der Waals surface area contributed by atoms with E-state index in [4.69, 9.17) is 9.47 Å². The lowest BCUT2D eigenvalue weighted by Crippen LogP contribution is -2.43. The van der Waals surface area contributed by atoms with Crippen molar-refractivity contribution in [3.05, 3.63) is 39.9 Å². The first-order valence-corrected chi connectivity index (χ1v) is 7.46. The van der Waals surface area contributed by atoms with Gasteiger partial charge in [-0.3, -0.25) is 14.9 Å². The number of nitrogens with one attached hydrogen (secondary N) is 1. The van der Waals surface area contributed by atoms with Crippen molar-refractivity contribution in [1.29, 1.82) is 0 Å². The molecule has 2 fully saturated rings. The number of non-ortho nitro benzene ring substituents is 1.